The Bertz CT molecular complexity index is 713. The Morgan fingerprint density at radius 2 is 1.44 bits per heavy atom. The standard InChI is InChI=1S/C21H27ClO3/c1-19(2,3)16-11-13(18(23)24)12-17(20(4,5)6)21(16,25)14-9-7-8-10-15(14)22/h7-13,25H,1-6H3,(H,23,24). The van der Waals surface area contributed by atoms with Crippen LogP contribution in [0.15, 0.2) is 47.6 Å². The number of carboxylic acid groups (broad SMARTS) is 1. The van der Waals surface area contributed by atoms with Crippen molar-refractivity contribution in [2.75, 3.05) is 0 Å². The van der Waals surface area contributed by atoms with E-state index in [1.165, 1.54) is 0 Å². The monoisotopic (exact) mass is 362 g/mol. The first kappa shape index (κ1) is 19.7. The summed E-state index contributed by atoms with van der Waals surface area (Å²) in [7, 11) is 0. The Balaban J connectivity index is 2.88. The molecule has 0 spiro atoms. The number of hydrogen-bond acceptors (Lipinski definition) is 2. The van der Waals surface area contributed by atoms with Crippen LogP contribution < -0.4 is 0 Å². The van der Waals surface area contributed by atoms with Gasteiger partial charge in [0.25, 0.3) is 0 Å². The first-order valence-corrected chi connectivity index (χ1v) is 8.83. The average molecular weight is 363 g/mol. The van der Waals surface area contributed by atoms with Gasteiger partial charge in [0.1, 0.15) is 5.60 Å². The molecule has 0 heterocycles. The maximum atomic E-state index is 12.0. The summed E-state index contributed by atoms with van der Waals surface area (Å²) in [6, 6.07) is 7.21. The first-order chi connectivity index (χ1) is 11.3. The fraction of sp³-hybridized carbons (Fsp3) is 0.476. The highest BCUT2D eigenvalue weighted by Gasteiger charge is 2.49. The molecule has 25 heavy (non-hydrogen) atoms. The molecule has 1 aromatic rings. The van der Waals surface area contributed by atoms with Crippen molar-refractivity contribution in [1.29, 1.82) is 0 Å². The highest BCUT2D eigenvalue weighted by Crippen LogP contribution is 2.54. The lowest BCUT2D eigenvalue weighted by Gasteiger charge is -2.47. The SMILES string of the molecule is CC(C)(C)C1=CC(C(=O)O)C=C(C(C)(C)C)C1(O)c1ccccc1Cl. The van der Waals surface area contributed by atoms with Crippen LogP contribution in [-0.4, -0.2) is 16.2 Å². The fourth-order valence-corrected chi connectivity index (χ4v) is 3.84. The average Bonchev–Trinajstić information content (AvgIpc) is 2.44. The number of halogens is 1. The van der Waals surface area contributed by atoms with Gasteiger partial charge in [-0.1, -0.05) is 83.5 Å². The Labute approximate surface area is 155 Å². The largest absolute Gasteiger partial charge is 0.481 e. The quantitative estimate of drug-likeness (QED) is 0.712. The number of benzene rings is 1. The van der Waals surface area contributed by atoms with E-state index >= 15 is 0 Å². The summed E-state index contributed by atoms with van der Waals surface area (Å²) in [5.41, 5.74) is -0.414. The number of carboxylic acids is 1. The molecule has 0 aliphatic heterocycles. The van der Waals surface area contributed by atoms with Crippen LogP contribution in [0.5, 0.6) is 0 Å². The van der Waals surface area contributed by atoms with E-state index in [9.17, 15) is 15.0 Å². The molecule has 0 saturated carbocycles. The van der Waals surface area contributed by atoms with Crippen LogP contribution in [0.3, 0.4) is 0 Å². The molecule has 1 aliphatic rings. The van der Waals surface area contributed by atoms with Crippen molar-refractivity contribution >= 4 is 17.6 Å². The molecular weight excluding hydrogens is 336 g/mol. The van der Waals surface area contributed by atoms with Gasteiger partial charge in [-0.3, -0.25) is 4.79 Å². The summed E-state index contributed by atoms with van der Waals surface area (Å²) in [6.07, 6.45) is 3.34. The molecule has 3 nitrogen and oxygen atoms in total. The number of rotatable bonds is 2. The molecule has 0 atom stereocenters. The molecule has 2 rings (SSSR count). The topological polar surface area (TPSA) is 57.5 Å². The predicted octanol–water partition coefficient (Wildman–Crippen LogP) is 5.19. The zero-order chi connectivity index (χ0) is 19.2. The third-order valence-electron chi connectivity index (χ3n) is 4.64. The number of aliphatic hydroxyl groups is 1. The molecule has 4 heteroatoms. The van der Waals surface area contributed by atoms with Crippen molar-refractivity contribution in [2.24, 2.45) is 16.7 Å². The lowest BCUT2D eigenvalue weighted by Crippen LogP contribution is -2.44. The van der Waals surface area contributed by atoms with Crippen LogP contribution in [-0.2, 0) is 10.4 Å². The van der Waals surface area contributed by atoms with Gasteiger partial charge in [-0.15, -0.1) is 0 Å². The van der Waals surface area contributed by atoms with Gasteiger partial charge >= 0.3 is 5.97 Å². The molecule has 0 bridgehead atoms. The molecular formula is C21H27ClO3. The van der Waals surface area contributed by atoms with E-state index in [1.54, 1.807) is 18.2 Å². The fourth-order valence-electron chi connectivity index (χ4n) is 3.57. The minimum absolute atomic E-state index is 0.438. The minimum Gasteiger partial charge on any atom is -0.481 e. The van der Waals surface area contributed by atoms with E-state index in [0.717, 1.165) is 0 Å². The van der Waals surface area contributed by atoms with Gasteiger partial charge in [0.15, 0.2) is 0 Å². The van der Waals surface area contributed by atoms with E-state index in [1.807, 2.05) is 59.7 Å². The third kappa shape index (κ3) is 3.54. The smallest absolute Gasteiger partial charge is 0.314 e. The van der Waals surface area contributed by atoms with Crippen molar-refractivity contribution < 1.29 is 15.0 Å². The number of carbonyl (C=O) groups is 1. The summed E-state index contributed by atoms with van der Waals surface area (Å²) >= 11 is 6.45. The summed E-state index contributed by atoms with van der Waals surface area (Å²) in [4.78, 5) is 11.7. The highest BCUT2D eigenvalue weighted by atomic mass is 35.5. The summed E-state index contributed by atoms with van der Waals surface area (Å²) < 4.78 is 0. The molecule has 136 valence electrons. The van der Waals surface area contributed by atoms with E-state index in [0.29, 0.717) is 21.7 Å². The summed E-state index contributed by atoms with van der Waals surface area (Å²) in [5, 5.41) is 22.1. The lowest BCUT2D eigenvalue weighted by atomic mass is 9.60. The highest BCUT2D eigenvalue weighted by molar-refractivity contribution is 6.31. The third-order valence-corrected chi connectivity index (χ3v) is 4.97. The van der Waals surface area contributed by atoms with Crippen molar-refractivity contribution in [3.8, 4) is 0 Å². The number of aliphatic carboxylic acids is 1. The number of hydrogen-bond donors (Lipinski definition) is 2. The van der Waals surface area contributed by atoms with E-state index in [2.05, 4.69) is 0 Å². The Hall–Kier alpha value is -1.58. The maximum absolute atomic E-state index is 12.0. The summed E-state index contributed by atoms with van der Waals surface area (Å²) in [6.45, 7) is 11.9. The van der Waals surface area contributed by atoms with Crippen molar-refractivity contribution in [3.05, 3.63) is 58.1 Å². The van der Waals surface area contributed by atoms with Crippen molar-refractivity contribution in [3.63, 3.8) is 0 Å². The molecule has 0 fully saturated rings. The molecule has 0 radical (unpaired) electrons. The molecule has 1 aromatic carbocycles. The van der Waals surface area contributed by atoms with Crippen molar-refractivity contribution in [1.82, 2.24) is 0 Å². The van der Waals surface area contributed by atoms with Crippen LogP contribution in [0.2, 0.25) is 5.02 Å². The molecule has 0 unspecified atom stereocenters. The Morgan fingerprint density at radius 1 is 1.00 bits per heavy atom. The second-order valence-corrected chi connectivity index (χ2v) is 9.12. The van der Waals surface area contributed by atoms with Crippen LogP contribution in [0.4, 0.5) is 0 Å². The van der Waals surface area contributed by atoms with Gasteiger partial charge in [0.05, 0.1) is 5.92 Å². The van der Waals surface area contributed by atoms with E-state index in [4.69, 9.17) is 11.6 Å². The van der Waals surface area contributed by atoms with E-state index in [-0.39, 0.29) is 0 Å². The molecule has 0 amide bonds. The van der Waals surface area contributed by atoms with Crippen molar-refractivity contribution in [2.45, 2.75) is 47.1 Å². The van der Waals surface area contributed by atoms with Gasteiger partial charge in [-0.25, -0.2) is 0 Å². The van der Waals surface area contributed by atoms with Gasteiger partial charge < -0.3 is 10.2 Å². The van der Waals surface area contributed by atoms with Crippen LogP contribution in [0.1, 0.15) is 47.1 Å². The molecule has 1 aliphatic carbocycles. The molecule has 0 aromatic heterocycles. The summed E-state index contributed by atoms with van der Waals surface area (Å²) in [5.74, 6) is -1.70. The zero-order valence-corrected chi connectivity index (χ0v) is 16.5. The van der Waals surface area contributed by atoms with Crippen LogP contribution >= 0.6 is 11.6 Å². The van der Waals surface area contributed by atoms with Crippen LogP contribution in [0, 0.1) is 16.7 Å². The maximum Gasteiger partial charge on any atom is 0.314 e. The molecule has 2 N–H and O–H groups in total. The van der Waals surface area contributed by atoms with Crippen LogP contribution in [0.25, 0.3) is 0 Å². The normalized spacial score (nSPS) is 24.6. The van der Waals surface area contributed by atoms with Gasteiger partial charge in [0.2, 0.25) is 0 Å². The second kappa shape index (κ2) is 6.30. The van der Waals surface area contributed by atoms with Gasteiger partial charge in [-0.05, 0) is 28.0 Å². The van der Waals surface area contributed by atoms with Gasteiger partial charge in [-0.2, -0.15) is 0 Å². The Kier molecular flexibility index (Phi) is 4.97. The van der Waals surface area contributed by atoms with Gasteiger partial charge in [0, 0.05) is 10.6 Å². The minimum atomic E-state index is -1.44. The molecule has 0 saturated heterocycles. The Morgan fingerprint density at radius 3 is 1.80 bits per heavy atom. The zero-order valence-electron chi connectivity index (χ0n) is 15.7. The lowest BCUT2D eigenvalue weighted by molar-refractivity contribution is -0.138. The predicted molar refractivity (Wildman–Crippen MR) is 102 cm³/mol. The second-order valence-electron chi connectivity index (χ2n) is 8.71. The first-order valence-electron chi connectivity index (χ1n) is 8.45. The van der Waals surface area contributed by atoms with E-state index < -0.39 is 28.3 Å².